The quantitative estimate of drug-likeness (QED) is 0.754. The molecule has 0 atom stereocenters. The Balaban J connectivity index is 1.68. The Bertz CT molecular complexity index is 865. The number of nitriles is 1. The molecule has 1 aliphatic rings. The van der Waals surface area contributed by atoms with E-state index in [-0.39, 0.29) is 10.5 Å². The first kappa shape index (κ1) is 17.6. The second kappa shape index (κ2) is 7.33. The fraction of sp³-hybridized carbons (Fsp3) is 0.312. The number of benzene rings is 1. The van der Waals surface area contributed by atoms with Gasteiger partial charge >= 0.3 is 0 Å². The van der Waals surface area contributed by atoms with E-state index >= 15 is 0 Å². The van der Waals surface area contributed by atoms with Gasteiger partial charge in [0.2, 0.25) is 10.0 Å². The Kier molecular flexibility index (Phi) is 5.37. The van der Waals surface area contributed by atoms with E-state index in [1.165, 1.54) is 21.3 Å². The van der Waals surface area contributed by atoms with E-state index in [2.05, 4.69) is 26.9 Å². The SMILES string of the molecule is N#Cc1ccccc1S(=O)(=O)N1CCN(Cc2ccc(Br)s2)CC1. The van der Waals surface area contributed by atoms with Crippen molar-refractivity contribution in [3.05, 3.63) is 50.6 Å². The lowest BCUT2D eigenvalue weighted by molar-refractivity contribution is 0.183. The predicted octanol–water partition coefficient (Wildman–Crippen LogP) is 2.89. The van der Waals surface area contributed by atoms with Crippen LogP contribution in [-0.2, 0) is 16.6 Å². The summed E-state index contributed by atoms with van der Waals surface area (Å²) < 4.78 is 28.2. The van der Waals surface area contributed by atoms with Crippen LogP contribution in [0, 0.1) is 11.3 Å². The average Bonchev–Trinajstić information content (AvgIpc) is 3.00. The first-order valence-electron chi connectivity index (χ1n) is 7.46. The van der Waals surface area contributed by atoms with Gasteiger partial charge in [-0.3, -0.25) is 4.90 Å². The number of hydrogen-bond acceptors (Lipinski definition) is 5. The van der Waals surface area contributed by atoms with Crippen LogP contribution in [0.15, 0.2) is 45.1 Å². The molecule has 0 spiro atoms. The monoisotopic (exact) mass is 425 g/mol. The summed E-state index contributed by atoms with van der Waals surface area (Å²) in [6, 6.07) is 12.4. The normalized spacial score (nSPS) is 16.8. The lowest BCUT2D eigenvalue weighted by Gasteiger charge is -2.33. The first-order valence-corrected chi connectivity index (χ1v) is 10.5. The maximum Gasteiger partial charge on any atom is 0.244 e. The van der Waals surface area contributed by atoms with E-state index in [9.17, 15) is 8.42 Å². The third-order valence-corrected chi connectivity index (χ3v) is 7.53. The molecule has 2 aromatic rings. The van der Waals surface area contributed by atoms with Gasteiger partial charge in [0.05, 0.1) is 14.2 Å². The fourth-order valence-electron chi connectivity index (χ4n) is 2.71. The fourth-order valence-corrected chi connectivity index (χ4v) is 5.80. The summed E-state index contributed by atoms with van der Waals surface area (Å²) >= 11 is 5.15. The molecule has 1 fully saturated rings. The number of sulfonamides is 1. The standard InChI is InChI=1S/C16H16BrN3O2S2/c17-16-6-5-14(23-16)12-19-7-9-20(10-8-19)24(21,22)15-4-2-1-3-13(15)11-18/h1-6H,7-10,12H2. The highest BCUT2D eigenvalue weighted by molar-refractivity contribution is 9.11. The molecule has 0 N–H and O–H groups in total. The van der Waals surface area contributed by atoms with Crippen LogP contribution in [0.5, 0.6) is 0 Å². The first-order chi connectivity index (χ1) is 11.5. The summed E-state index contributed by atoms with van der Waals surface area (Å²) in [6.07, 6.45) is 0. The van der Waals surface area contributed by atoms with E-state index in [0.29, 0.717) is 26.2 Å². The molecule has 8 heteroatoms. The molecule has 2 heterocycles. The molecule has 1 aromatic heterocycles. The van der Waals surface area contributed by atoms with E-state index in [1.54, 1.807) is 23.5 Å². The molecule has 3 rings (SSSR count). The molecule has 24 heavy (non-hydrogen) atoms. The van der Waals surface area contributed by atoms with Crippen molar-refractivity contribution in [2.75, 3.05) is 26.2 Å². The highest BCUT2D eigenvalue weighted by atomic mass is 79.9. The van der Waals surface area contributed by atoms with Gasteiger partial charge in [0.25, 0.3) is 0 Å². The zero-order valence-electron chi connectivity index (χ0n) is 12.9. The molecule has 0 bridgehead atoms. The van der Waals surface area contributed by atoms with Gasteiger partial charge in [0.1, 0.15) is 6.07 Å². The minimum absolute atomic E-state index is 0.100. The summed E-state index contributed by atoms with van der Waals surface area (Å²) in [5.74, 6) is 0. The van der Waals surface area contributed by atoms with Gasteiger partial charge in [-0.2, -0.15) is 9.57 Å². The number of hydrogen-bond donors (Lipinski definition) is 0. The van der Waals surface area contributed by atoms with E-state index < -0.39 is 10.0 Å². The minimum Gasteiger partial charge on any atom is -0.296 e. The van der Waals surface area contributed by atoms with Crippen molar-refractivity contribution in [1.29, 1.82) is 5.26 Å². The van der Waals surface area contributed by atoms with Crippen molar-refractivity contribution in [3.63, 3.8) is 0 Å². The molecule has 0 saturated carbocycles. The maximum atomic E-state index is 12.8. The number of rotatable bonds is 4. The summed E-state index contributed by atoms with van der Waals surface area (Å²) in [6.45, 7) is 3.08. The molecule has 0 amide bonds. The number of piperazine rings is 1. The third kappa shape index (κ3) is 3.71. The number of thiophene rings is 1. The lowest BCUT2D eigenvalue weighted by Crippen LogP contribution is -2.48. The van der Waals surface area contributed by atoms with E-state index in [0.717, 1.165) is 10.3 Å². The van der Waals surface area contributed by atoms with Crippen LogP contribution in [0.4, 0.5) is 0 Å². The topological polar surface area (TPSA) is 64.4 Å². The van der Waals surface area contributed by atoms with Crippen molar-refractivity contribution in [2.45, 2.75) is 11.4 Å². The smallest absolute Gasteiger partial charge is 0.244 e. The van der Waals surface area contributed by atoms with Crippen molar-refractivity contribution in [2.24, 2.45) is 0 Å². The van der Waals surface area contributed by atoms with Crippen LogP contribution in [0.2, 0.25) is 0 Å². The van der Waals surface area contributed by atoms with E-state index in [4.69, 9.17) is 5.26 Å². The van der Waals surface area contributed by atoms with Crippen LogP contribution in [0.25, 0.3) is 0 Å². The molecule has 1 aliphatic heterocycles. The summed E-state index contributed by atoms with van der Waals surface area (Å²) in [5, 5.41) is 9.14. The van der Waals surface area contributed by atoms with Crippen LogP contribution in [0.1, 0.15) is 10.4 Å². The zero-order valence-corrected chi connectivity index (χ0v) is 16.1. The van der Waals surface area contributed by atoms with Gasteiger partial charge < -0.3 is 0 Å². The number of nitrogens with zero attached hydrogens (tertiary/aromatic N) is 3. The molecular weight excluding hydrogens is 410 g/mol. The van der Waals surface area contributed by atoms with Crippen molar-refractivity contribution >= 4 is 37.3 Å². The van der Waals surface area contributed by atoms with Crippen LogP contribution >= 0.6 is 27.3 Å². The van der Waals surface area contributed by atoms with E-state index in [1.807, 2.05) is 12.1 Å². The Morgan fingerprint density at radius 1 is 1.12 bits per heavy atom. The second-order valence-electron chi connectivity index (χ2n) is 5.49. The molecule has 1 saturated heterocycles. The highest BCUT2D eigenvalue weighted by Crippen LogP contribution is 2.25. The molecule has 0 unspecified atom stereocenters. The van der Waals surface area contributed by atoms with Crippen molar-refractivity contribution in [1.82, 2.24) is 9.21 Å². The zero-order chi connectivity index (χ0) is 17.2. The molecule has 5 nitrogen and oxygen atoms in total. The Morgan fingerprint density at radius 2 is 1.83 bits per heavy atom. The Labute approximate surface area is 154 Å². The molecule has 0 radical (unpaired) electrons. The Hall–Kier alpha value is -1.24. The van der Waals surface area contributed by atoms with Gasteiger partial charge in [-0.15, -0.1) is 11.3 Å². The van der Waals surface area contributed by atoms with Crippen LogP contribution in [0.3, 0.4) is 0 Å². The lowest BCUT2D eigenvalue weighted by atomic mass is 10.2. The summed E-state index contributed by atoms with van der Waals surface area (Å²) in [7, 11) is -3.62. The van der Waals surface area contributed by atoms with Crippen molar-refractivity contribution < 1.29 is 8.42 Å². The summed E-state index contributed by atoms with van der Waals surface area (Å²) in [5.41, 5.74) is 0.198. The van der Waals surface area contributed by atoms with Gasteiger partial charge in [-0.1, -0.05) is 12.1 Å². The van der Waals surface area contributed by atoms with Gasteiger partial charge in [-0.25, -0.2) is 8.42 Å². The highest BCUT2D eigenvalue weighted by Gasteiger charge is 2.30. The predicted molar refractivity (Wildman–Crippen MR) is 97.2 cm³/mol. The second-order valence-corrected chi connectivity index (χ2v) is 9.95. The van der Waals surface area contributed by atoms with Crippen LogP contribution < -0.4 is 0 Å². The largest absolute Gasteiger partial charge is 0.296 e. The maximum absolute atomic E-state index is 12.8. The minimum atomic E-state index is -3.62. The molecule has 0 aliphatic carbocycles. The Morgan fingerprint density at radius 3 is 2.46 bits per heavy atom. The van der Waals surface area contributed by atoms with Crippen molar-refractivity contribution in [3.8, 4) is 6.07 Å². The van der Waals surface area contributed by atoms with Gasteiger partial charge in [0, 0.05) is 37.6 Å². The van der Waals surface area contributed by atoms with Gasteiger partial charge in [0.15, 0.2) is 0 Å². The molecule has 126 valence electrons. The van der Waals surface area contributed by atoms with Gasteiger partial charge in [-0.05, 0) is 40.2 Å². The number of halogens is 1. The summed E-state index contributed by atoms with van der Waals surface area (Å²) in [4.78, 5) is 3.61. The average molecular weight is 426 g/mol. The van der Waals surface area contributed by atoms with Crippen LogP contribution in [-0.4, -0.2) is 43.8 Å². The third-order valence-electron chi connectivity index (χ3n) is 3.96. The molecule has 1 aromatic carbocycles. The molecular formula is C16H16BrN3O2S2.